The van der Waals surface area contributed by atoms with E-state index in [1.54, 1.807) is 0 Å². The van der Waals surface area contributed by atoms with Gasteiger partial charge in [0.1, 0.15) is 0 Å². The number of aromatic nitrogens is 2. The van der Waals surface area contributed by atoms with Gasteiger partial charge in [-0.2, -0.15) is 15.6 Å². The lowest BCUT2D eigenvalue weighted by Gasteiger charge is -1.99. The molecule has 2 nitrogen and oxygen atoms in total. The average molecular weight is 206 g/mol. The van der Waals surface area contributed by atoms with Crippen LogP contribution in [0.3, 0.4) is 0 Å². The van der Waals surface area contributed by atoms with E-state index in [1.807, 2.05) is 6.20 Å². The summed E-state index contributed by atoms with van der Waals surface area (Å²) >= 11 is 0. The molecule has 0 bridgehead atoms. The lowest BCUT2D eigenvalue weighted by Crippen LogP contribution is -1.86. The number of fused-ring (bicyclic) bond motifs is 1. The molecule has 0 aliphatic rings. The maximum atomic E-state index is 4.05. The Labute approximate surface area is 86.3 Å². The van der Waals surface area contributed by atoms with Crippen LogP contribution in [0, 0.1) is 0 Å². The van der Waals surface area contributed by atoms with Gasteiger partial charge in [-0.15, -0.1) is 0 Å². The minimum absolute atomic E-state index is 0.398. The summed E-state index contributed by atoms with van der Waals surface area (Å²) in [4.78, 5) is 0. The minimum atomic E-state index is 0.398. The Morgan fingerprint density at radius 2 is 2.29 bits per heavy atom. The molecule has 0 atom stereocenters. The van der Waals surface area contributed by atoms with Crippen molar-refractivity contribution in [3.63, 3.8) is 0 Å². The SMILES string of the molecule is CS(C)=CCc1cccc2[nH]ncc12. The van der Waals surface area contributed by atoms with E-state index in [4.69, 9.17) is 0 Å². The first-order chi connectivity index (χ1) is 6.77. The first-order valence-electron chi connectivity index (χ1n) is 4.58. The monoisotopic (exact) mass is 206 g/mol. The van der Waals surface area contributed by atoms with Crippen LogP contribution < -0.4 is 0 Å². The van der Waals surface area contributed by atoms with Crippen molar-refractivity contribution in [1.29, 1.82) is 0 Å². The molecule has 2 aromatic rings. The zero-order valence-electron chi connectivity index (χ0n) is 8.45. The smallest absolute Gasteiger partial charge is 0.0653 e. The highest BCUT2D eigenvalue weighted by molar-refractivity contribution is 8.13. The Balaban J connectivity index is 2.41. The maximum absolute atomic E-state index is 4.05. The molecular formula is C11H14N2S. The molecular weight excluding hydrogens is 192 g/mol. The molecule has 0 radical (unpaired) electrons. The Hall–Kier alpha value is -1.09. The lowest BCUT2D eigenvalue weighted by atomic mass is 10.1. The molecule has 74 valence electrons. The van der Waals surface area contributed by atoms with Crippen LogP contribution >= 0.6 is 10.5 Å². The van der Waals surface area contributed by atoms with Crippen molar-refractivity contribution >= 4 is 26.8 Å². The van der Waals surface area contributed by atoms with Crippen molar-refractivity contribution in [2.45, 2.75) is 6.42 Å². The molecule has 0 saturated carbocycles. The predicted octanol–water partition coefficient (Wildman–Crippen LogP) is 2.44. The minimum Gasteiger partial charge on any atom is -0.278 e. The highest BCUT2D eigenvalue weighted by Gasteiger charge is 1.99. The number of H-pyrrole nitrogens is 1. The van der Waals surface area contributed by atoms with Crippen molar-refractivity contribution < 1.29 is 0 Å². The van der Waals surface area contributed by atoms with Crippen molar-refractivity contribution in [1.82, 2.24) is 10.2 Å². The highest BCUT2D eigenvalue weighted by atomic mass is 32.2. The van der Waals surface area contributed by atoms with Crippen molar-refractivity contribution in [2.24, 2.45) is 0 Å². The summed E-state index contributed by atoms with van der Waals surface area (Å²) in [5, 5.41) is 10.6. The predicted molar refractivity (Wildman–Crippen MR) is 65.3 cm³/mol. The second kappa shape index (κ2) is 3.96. The molecule has 0 amide bonds. The molecule has 0 spiro atoms. The van der Waals surface area contributed by atoms with E-state index in [2.05, 4.69) is 46.3 Å². The number of hydrogen-bond donors (Lipinski definition) is 1. The summed E-state index contributed by atoms with van der Waals surface area (Å²) in [7, 11) is 0.398. The fraction of sp³-hybridized carbons (Fsp3) is 0.273. The molecule has 1 heterocycles. The lowest BCUT2D eigenvalue weighted by molar-refractivity contribution is 1.12. The summed E-state index contributed by atoms with van der Waals surface area (Å²) in [5.41, 5.74) is 2.49. The average Bonchev–Trinajstić information content (AvgIpc) is 2.62. The van der Waals surface area contributed by atoms with Gasteiger partial charge < -0.3 is 0 Å². The summed E-state index contributed by atoms with van der Waals surface area (Å²) in [5.74, 6) is 0. The highest BCUT2D eigenvalue weighted by Crippen LogP contribution is 2.16. The summed E-state index contributed by atoms with van der Waals surface area (Å²) in [6.45, 7) is 0. The second-order valence-electron chi connectivity index (χ2n) is 3.50. The quantitative estimate of drug-likeness (QED) is 0.751. The fourth-order valence-corrected chi connectivity index (χ4v) is 1.98. The van der Waals surface area contributed by atoms with Gasteiger partial charge in [-0.05, 0) is 30.6 Å². The molecule has 0 saturated heterocycles. The van der Waals surface area contributed by atoms with Gasteiger partial charge in [-0.1, -0.05) is 17.5 Å². The van der Waals surface area contributed by atoms with Crippen LogP contribution in [0.25, 0.3) is 10.9 Å². The summed E-state index contributed by atoms with van der Waals surface area (Å²) in [6.07, 6.45) is 7.40. The van der Waals surface area contributed by atoms with Crippen LogP contribution in [0.5, 0.6) is 0 Å². The van der Waals surface area contributed by atoms with Gasteiger partial charge in [0.25, 0.3) is 0 Å². The summed E-state index contributed by atoms with van der Waals surface area (Å²) < 4.78 is 0. The fourth-order valence-electron chi connectivity index (χ4n) is 1.46. The van der Waals surface area contributed by atoms with E-state index < -0.39 is 0 Å². The number of aromatic amines is 1. The number of hydrogen-bond acceptors (Lipinski definition) is 1. The normalized spacial score (nSPS) is 11.1. The van der Waals surface area contributed by atoms with Crippen LogP contribution in [0.2, 0.25) is 0 Å². The summed E-state index contributed by atoms with van der Waals surface area (Å²) in [6, 6.07) is 6.30. The Bertz CT molecular complexity index is 467. The van der Waals surface area contributed by atoms with Gasteiger partial charge in [-0.3, -0.25) is 5.10 Å². The van der Waals surface area contributed by atoms with Crippen molar-refractivity contribution in [3.05, 3.63) is 30.0 Å². The molecule has 1 aromatic carbocycles. The zero-order chi connectivity index (χ0) is 9.97. The van der Waals surface area contributed by atoms with Gasteiger partial charge in [0.2, 0.25) is 0 Å². The molecule has 1 N–H and O–H groups in total. The molecule has 0 unspecified atom stereocenters. The largest absolute Gasteiger partial charge is 0.278 e. The number of nitrogens with zero attached hydrogens (tertiary/aromatic N) is 1. The van der Waals surface area contributed by atoms with E-state index in [0.29, 0.717) is 10.5 Å². The number of rotatable bonds is 2. The first-order valence-corrected chi connectivity index (χ1v) is 6.68. The molecule has 0 aliphatic heterocycles. The molecule has 0 fully saturated rings. The van der Waals surface area contributed by atoms with Gasteiger partial charge >= 0.3 is 0 Å². The van der Waals surface area contributed by atoms with E-state index in [0.717, 1.165) is 11.9 Å². The standard InChI is InChI=1S/C11H14N2S/c1-14(2)7-6-9-4-3-5-11-10(9)8-12-13-11/h3-5,7-8H,6H2,1-2H3,(H,12,13). The molecule has 3 heteroatoms. The third kappa shape index (κ3) is 1.87. The third-order valence-corrected chi connectivity index (χ3v) is 3.04. The van der Waals surface area contributed by atoms with Gasteiger partial charge in [-0.25, -0.2) is 0 Å². The van der Waals surface area contributed by atoms with E-state index in [1.165, 1.54) is 10.9 Å². The van der Waals surface area contributed by atoms with E-state index in [-0.39, 0.29) is 0 Å². The van der Waals surface area contributed by atoms with E-state index in [9.17, 15) is 0 Å². The zero-order valence-corrected chi connectivity index (χ0v) is 9.27. The Kier molecular flexibility index (Phi) is 2.68. The third-order valence-electron chi connectivity index (χ3n) is 2.21. The number of nitrogens with one attached hydrogen (secondary N) is 1. The first kappa shape index (κ1) is 9.46. The van der Waals surface area contributed by atoms with Crippen LogP contribution in [0.1, 0.15) is 5.56 Å². The van der Waals surface area contributed by atoms with Crippen LogP contribution in [0.15, 0.2) is 24.4 Å². The maximum Gasteiger partial charge on any atom is 0.0653 e. The van der Waals surface area contributed by atoms with Crippen LogP contribution in [-0.2, 0) is 6.42 Å². The van der Waals surface area contributed by atoms with Gasteiger partial charge in [0.15, 0.2) is 0 Å². The van der Waals surface area contributed by atoms with E-state index >= 15 is 0 Å². The van der Waals surface area contributed by atoms with Gasteiger partial charge in [0, 0.05) is 5.39 Å². The van der Waals surface area contributed by atoms with Crippen molar-refractivity contribution in [2.75, 3.05) is 12.5 Å². The Morgan fingerprint density at radius 3 is 3.07 bits per heavy atom. The number of benzene rings is 1. The van der Waals surface area contributed by atoms with Gasteiger partial charge in [0.05, 0.1) is 11.7 Å². The molecule has 2 rings (SSSR count). The Morgan fingerprint density at radius 1 is 1.43 bits per heavy atom. The molecule has 1 aromatic heterocycles. The molecule has 0 aliphatic carbocycles. The van der Waals surface area contributed by atoms with Crippen LogP contribution in [-0.4, -0.2) is 28.1 Å². The van der Waals surface area contributed by atoms with Crippen LogP contribution in [0.4, 0.5) is 0 Å². The second-order valence-corrected chi connectivity index (χ2v) is 5.59. The van der Waals surface area contributed by atoms with Crippen molar-refractivity contribution in [3.8, 4) is 0 Å². The topological polar surface area (TPSA) is 28.7 Å². The molecule has 14 heavy (non-hydrogen) atoms.